The molecule has 0 amide bonds. The summed E-state index contributed by atoms with van der Waals surface area (Å²) in [5, 5.41) is 0. The number of rotatable bonds is 8. The molecule has 4 nitrogen and oxygen atoms in total. The predicted molar refractivity (Wildman–Crippen MR) is 177 cm³/mol. The van der Waals surface area contributed by atoms with E-state index in [2.05, 4.69) is 60.0 Å². The molecule has 43 heavy (non-hydrogen) atoms. The number of sulfone groups is 1. The van der Waals surface area contributed by atoms with E-state index in [4.69, 9.17) is 0 Å². The van der Waals surface area contributed by atoms with Crippen molar-refractivity contribution in [1.82, 2.24) is 0 Å². The Balaban J connectivity index is 1.32. The number of nitrogens with zero attached hydrogens (tertiary/aromatic N) is 2. The number of aryl methyl sites for hydroxylation is 2. The molecule has 0 aliphatic heterocycles. The minimum absolute atomic E-state index is 0.250. The Morgan fingerprint density at radius 2 is 0.698 bits per heavy atom. The molecule has 0 aromatic heterocycles. The summed E-state index contributed by atoms with van der Waals surface area (Å²) in [5.41, 5.74) is 8.06. The molecule has 0 fully saturated rings. The van der Waals surface area contributed by atoms with Gasteiger partial charge < -0.3 is 9.80 Å². The molecular formula is C38H32N2O2S. The molecule has 212 valence electrons. The molecule has 0 heterocycles. The SMILES string of the molecule is Cc1cccc(N(c2ccccc2)c2ccc(S(=O)(=O)c3ccc(N(c4ccccc4)c4cccc(C)c4)cc3)cc2)c1. The molecule has 6 aromatic rings. The fourth-order valence-corrected chi connectivity index (χ4v) is 6.53. The predicted octanol–water partition coefficient (Wildman–Crippen LogP) is 10.1. The first-order valence-corrected chi connectivity index (χ1v) is 15.7. The standard InChI is InChI=1S/C38H32N2O2S/c1-29-11-9-17-35(27-29)39(31-13-5-3-6-14-31)33-19-23-37(24-20-33)43(41,42)38-25-21-34(22-26-38)40(32-15-7-4-8-16-32)36-18-10-12-30(2)28-36/h3-28H,1-2H3. The second kappa shape index (κ2) is 12.0. The molecule has 0 unspecified atom stereocenters. The normalized spacial score (nSPS) is 11.2. The zero-order valence-corrected chi connectivity index (χ0v) is 24.9. The van der Waals surface area contributed by atoms with E-state index in [1.807, 2.05) is 97.1 Å². The molecule has 0 atom stereocenters. The third kappa shape index (κ3) is 5.94. The molecule has 0 saturated carbocycles. The molecule has 0 radical (unpaired) electrons. The Kier molecular flexibility index (Phi) is 7.82. The van der Waals surface area contributed by atoms with Crippen molar-refractivity contribution in [2.24, 2.45) is 0 Å². The second-order valence-corrected chi connectivity index (χ2v) is 12.5. The summed E-state index contributed by atoms with van der Waals surface area (Å²) in [6.07, 6.45) is 0. The number of hydrogen-bond donors (Lipinski definition) is 0. The lowest BCUT2D eigenvalue weighted by Crippen LogP contribution is -2.11. The van der Waals surface area contributed by atoms with Crippen molar-refractivity contribution in [3.63, 3.8) is 0 Å². The fraction of sp³-hybridized carbons (Fsp3) is 0.0526. The van der Waals surface area contributed by atoms with Gasteiger partial charge in [-0.25, -0.2) is 8.42 Å². The van der Waals surface area contributed by atoms with Gasteiger partial charge >= 0.3 is 0 Å². The summed E-state index contributed by atoms with van der Waals surface area (Å²) in [6, 6.07) is 50.9. The number of benzene rings is 6. The lowest BCUT2D eigenvalue weighted by atomic mass is 10.1. The van der Waals surface area contributed by atoms with Crippen LogP contribution in [0.2, 0.25) is 0 Å². The quantitative estimate of drug-likeness (QED) is 0.180. The maximum absolute atomic E-state index is 13.7. The van der Waals surface area contributed by atoms with Crippen LogP contribution in [0.25, 0.3) is 0 Å². The van der Waals surface area contributed by atoms with Gasteiger partial charge in [0, 0.05) is 34.1 Å². The third-order valence-electron chi connectivity index (χ3n) is 7.36. The van der Waals surface area contributed by atoms with Crippen molar-refractivity contribution < 1.29 is 8.42 Å². The van der Waals surface area contributed by atoms with Crippen LogP contribution in [0.15, 0.2) is 168 Å². The van der Waals surface area contributed by atoms with Crippen LogP contribution in [0.1, 0.15) is 11.1 Å². The Hall–Kier alpha value is -5.13. The molecule has 0 spiro atoms. The van der Waals surface area contributed by atoms with Gasteiger partial charge in [-0.15, -0.1) is 0 Å². The molecule has 6 rings (SSSR count). The summed E-state index contributed by atoms with van der Waals surface area (Å²) < 4.78 is 27.5. The van der Waals surface area contributed by atoms with Crippen LogP contribution in [0, 0.1) is 13.8 Å². The first kappa shape index (κ1) is 28.0. The first-order valence-electron chi connectivity index (χ1n) is 14.2. The monoisotopic (exact) mass is 580 g/mol. The molecule has 0 saturated heterocycles. The topological polar surface area (TPSA) is 40.6 Å². The minimum atomic E-state index is -3.73. The van der Waals surface area contributed by atoms with Gasteiger partial charge in [0.2, 0.25) is 9.84 Å². The maximum Gasteiger partial charge on any atom is 0.206 e. The zero-order chi connectivity index (χ0) is 29.8. The summed E-state index contributed by atoms with van der Waals surface area (Å²) in [7, 11) is -3.73. The van der Waals surface area contributed by atoms with E-state index < -0.39 is 9.84 Å². The molecular weight excluding hydrogens is 548 g/mol. The van der Waals surface area contributed by atoms with Gasteiger partial charge in [-0.05, 0) is 122 Å². The van der Waals surface area contributed by atoms with Crippen LogP contribution in [0.3, 0.4) is 0 Å². The van der Waals surface area contributed by atoms with E-state index in [1.165, 1.54) is 0 Å². The van der Waals surface area contributed by atoms with Crippen molar-refractivity contribution in [3.8, 4) is 0 Å². The highest BCUT2D eigenvalue weighted by atomic mass is 32.2. The van der Waals surface area contributed by atoms with Gasteiger partial charge in [-0.2, -0.15) is 0 Å². The largest absolute Gasteiger partial charge is 0.310 e. The minimum Gasteiger partial charge on any atom is -0.310 e. The Morgan fingerprint density at radius 3 is 1.05 bits per heavy atom. The molecule has 0 N–H and O–H groups in total. The average Bonchev–Trinajstić information content (AvgIpc) is 3.03. The fourth-order valence-electron chi connectivity index (χ4n) is 5.27. The van der Waals surface area contributed by atoms with Crippen LogP contribution in [-0.2, 0) is 9.84 Å². The number of anilines is 6. The van der Waals surface area contributed by atoms with Crippen molar-refractivity contribution in [2.45, 2.75) is 23.6 Å². The van der Waals surface area contributed by atoms with E-state index in [0.29, 0.717) is 0 Å². The van der Waals surface area contributed by atoms with Crippen molar-refractivity contribution >= 4 is 44.0 Å². The van der Waals surface area contributed by atoms with Crippen LogP contribution in [0.4, 0.5) is 34.1 Å². The van der Waals surface area contributed by atoms with Gasteiger partial charge in [-0.1, -0.05) is 60.7 Å². The summed E-state index contributed by atoms with van der Waals surface area (Å²) in [5.74, 6) is 0. The summed E-state index contributed by atoms with van der Waals surface area (Å²) >= 11 is 0. The summed E-state index contributed by atoms with van der Waals surface area (Å²) in [6.45, 7) is 4.13. The number of hydrogen-bond acceptors (Lipinski definition) is 4. The average molecular weight is 581 g/mol. The maximum atomic E-state index is 13.7. The van der Waals surface area contributed by atoms with E-state index in [0.717, 1.165) is 45.3 Å². The number of para-hydroxylation sites is 2. The van der Waals surface area contributed by atoms with E-state index in [1.54, 1.807) is 24.3 Å². The molecule has 0 aliphatic carbocycles. The molecule has 6 aromatic carbocycles. The first-order chi connectivity index (χ1) is 20.9. The Morgan fingerprint density at radius 1 is 0.372 bits per heavy atom. The zero-order valence-electron chi connectivity index (χ0n) is 24.1. The van der Waals surface area contributed by atoms with Gasteiger partial charge in [0.1, 0.15) is 0 Å². The van der Waals surface area contributed by atoms with Crippen LogP contribution in [-0.4, -0.2) is 8.42 Å². The lowest BCUT2D eigenvalue weighted by molar-refractivity contribution is 0.596. The lowest BCUT2D eigenvalue weighted by Gasteiger charge is -2.26. The molecule has 5 heteroatoms. The van der Waals surface area contributed by atoms with Gasteiger partial charge in [-0.3, -0.25) is 0 Å². The van der Waals surface area contributed by atoms with Crippen LogP contribution in [0.5, 0.6) is 0 Å². The third-order valence-corrected chi connectivity index (χ3v) is 9.14. The summed E-state index contributed by atoms with van der Waals surface area (Å²) in [4.78, 5) is 4.75. The highest BCUT2D eigenvalue weighted by Crippen LogP contribution is 2.37. The van der Waals surface area contributed by atoms with E-state index in [-0.39, 0.29) is 9.79 Å². The van der Waals surface area contributed by atoms with Crippen LogP contribution < -0.4 is 9.80 Å². The van der Waals surface area contributed by atoms with E-state index in [9.17, 15) is 8.42 Å². The van der Waals surface area contributed by atoms with Crippen molar-refractivity contribution in [2.75, 3.05) is 9.80 Å². The van der Waals surface area contributed by atoms with Gasteiger partial charge in [0.25, 0.3) is 0 Å². The van der Waals surface area contributed by atoms with Crippen LogP contribution >= 0.6 is 0 Å². The molecule has 0 bridgehead atoms. The van der Waals surface area contributed by atoms with E-state index >= 15 is 0 Å². The van der Waals surface area contributed by atoms with Gasteiger partial charge in [0.15, 0.2) is 0 Å². The van der Waals surface area contributed by atoms with Gasteiger partial charge in [0.05, 0.1) is 9.79 Å². The Bertz CT molecular complexity index is 1800. The smallest absolute Gasteiger partial charge is 0.206 e. The second-order valence-electron chi connectivity index (χ2n) is 10.5. The van der Waals surface area contributed by atoms with Crippen molar-refractivity contribution in [3.05, 3.63) is 169 Å². The highest BCUT2D eigenvalue weighted by molar-refractivity contribution is 7.91. The Labute approximate surface area is 254 Å². The highest BCUT2D eigenvalue weighted by Gasteiger charge is 2.20. The molecule has 0 aliphatic rings. The van der Waals surface area contributed by atoms with Crippen molar-refractivity contribution in [1.29, 1.82) is 0 Å².